The van der Waals surface area contributed by atoms with Crippen LogP contribution in [0.25, 0.3) is 0 Å². The van der Waals surface area contributed by atoms with Crippen LogP contribution in [0.2, 0.25) is 0 Å². The van der Waals surface area contributed by atoms with Crippen LogP contribution in [-0.2, 0) is 9.53 Å². The molecule has 0 N–H and O–H groups in total. The molecule has 0 heterocycles. The molecule has 0 aliphatic carbocycles. The molecule has 0 aromatic carbocycles. The Morgan fingerprint density at radius 2 is 1.88 bits per heavy atom. The Bertz CT molecular complexity index is 247. The Morgan fingerprint density at radius 1 is 1.31 bits per heavy atom. The minimum atomic E-state index is -0.371. The van der Waals surface area contributed by atoms with Crippen LogP contribution >= 0.6 is 0 Å². The molecule has 0 amide bonds. The third kappa shape index (κ3) is 5.74. The Hall–Kier alpha value is -1.05. The summed E-state index contributed by atoms with van der Waals surface area (Å²) >= 11 is 0. The predicted molar refractivity (Wildman–Crippen MR) is 67.9 cm³/mol. The molecule has 2 heteroatoms. The van der Waals surface area contributed by atoms with Gasteiger partial charge in [0.25, 0.3) is 0 Å². The highest BCUT2D eigenvalue weighted by Crippen LogP contribution is 2.18. The summed E-state index contributed by atoms with van der Waals surface area (Å²) in [7, 11) is 0. The first kappa shape index (κ1) is 14.9. The van der Waals surface area contributed by atoms with Gasteiger partial charge in [0.2, 0.25) is 0 Å². The molecule has 0 atom stereocenters. The van der Waals surface area contributed by atoms with E-state index in [0.29, 0.717) is 5.92 Å². The topological polar surface area (TPSA) is 26.3 Å². The standard InChI is InChI=1S/C14H24O2/c1-6-12(7-2)9-10-13(11(4)5)16-14(15)8-3/h8,10-12H,3,6-7,9H2,1-2,4-5H3/b13-10-. The summed E-state index contributed by atoms with van der Waals surface area (Å²) in [6.45, 7) is 11.8. The van der Waals surface area contributed by atoms with Crippen molar-refractivity contribution in [3.05, 3.63) is 24.5 Å². The van der Waals surface area contributed by atoms with Crippen LogP contribution < -0.4 is 0 Å². The third-order valence-corrected chi connectivity index (χ3v) is 2.76. The minimum Gasteiger partial charge on any atom is -0.428 e. The van der Waals surface area contributed by atoms with E-state index in [1.807, 2.05) is 19.9 Å². The first-order valence-electron chi connectivity index (χ1n) is 6.09. The van der Waals surface area contributed by atoms with Crippen molar-refractivity contribution in [2.45, 2.75) is 47.0 Å². The number of carbonyl (C=O) groups excluding carboxylic acids is 1. The highest BCUT2D eigenvalue weighted by Gasteiger charge is 2.09. The molecule has 0 spiro atoms. The van der Waals surface area contributed by atoms with Gasteiger partial charge in [0.15, 0.2) is 0 Å². The van der Waals surface area contributed by atoms with Gasteiger partial charge in [0.05, 0.1) is 0 Å². The smallest absolute Gasteiger partial charge is 0.335 e. The lowest BCUT2D eigenvalue weighted by Gasteiger charge is -2.13. The number of allylic oxidation sites excluding steroid dienone is 2. The molecular formula is C14H24O2. The lowest BCUT2D eigenvalue weighted by Crippen LogP contribution is -2.06. The molecule has 0 saturated carbocycles. The van der Waals surface area contributed by atoms with Gasteiger partial charge in [-0.2, -0.15) is 0 Å². The summed E-state index contributed by atoms with van der Waals surface area (Å²) < 4.78 is 5.20. The zero-order valence-electron chi connectivity index (χ0n) is 11.0. The van der Waals surface area contributed by atoms with E-state index in [2.05, 4.69) is 20.4 Å². The Labute approximate surface area is 99.4 Å². The van der Waals surface area contributed by atoms with Gasteiger partial charge in [-0.05, 0) is 18.4 Å². The molecule has 16 heavy (non-hydrogen) atoms. The summed E-state index contributed by atoms with van der Waals surface area (Å²) in [5.41, 5.74) is 0. The Balaban J connectivity index is 4.46. The maximum atomic E-state index is 11.1. The molecule has 0 saturated heterocycles. The summed E-state index contributed by atoms with van der Waals surface area (Å²) in [5, 5.41) is 0. The van der Waals surface area contributed by atoms with Crippen molar-refractivity contribution >= 4 is 5.97 Å². The van der Waals surface area contributed by atoms with Gasteiger partial charge < -0.3 is 4.74 Å². The molecule has 2 nitrogen and oxygen atoms in total. The van der Waals surface area contributed by atoms with Crippen LogP contribution in [0.3, 0.4) is 0 Å². The van der Waals surface area contributed by atoms with Crippen LogP contribution in [-0.4, -0.2) is 5.97 Å². The predicted octanol–water partition coefficient (Wildman–Crippen LogP) is 4.08. The highest BCUT2D eigenvalue weighted by molar-refractivity contribution is 5.82. The fraction of sp³-hybridized carbons (Fsp3) is 0.643. The van der Waals surface area contributed by atoms with Crippen LogP contribution in [0.5, 0.6) is 0 Å². The van der Waals surface area contributed by atoms with Crippen molar-refractivity contribution in [2.75, 3.05) is 0 Å². The van der Waals surface area contributed by atoms with E-state index in [-0.39, 0.29) is 11.9 Å². The minimum absolute atomic E-state index is 0.235. The number of esters is 1. The highest BCUT2D eigenvalue weighted by atomic mass is 16.5. The fourth-order valence-corrected chi connectivity index (χ4v) is 1.46. The summed E-state index contributed by atoms with van der Waals surface area (Å²) in [6, 6.07) is 0. The van der Waals surface area contributed by atoms with E-state index in [9.17, 15) is 4.79 Å². The monoisotopic (exact) mass is 224 g/mol. The lowest BCUT2D eigenvalue weighted by atomic mass is 9.98. The van der Waals surface area contributed by atoms with Crippen molar-refractivity contribution in [1.29, 1.82) is 0 Å². The van der Waals surface area contributed by atoms with E-state index >= 15 is 0 Å². The number of hydrogen-bond acceptors (Lipinski definition) is 2. The molecule has 0 aromatic rings. The Morgan fingerprint density at radius 3 is 2.25 bits per heavy atom. The molecule has 0 fully saturated rings. The second-order valence-corrected chi connectivity index (χ2v) is 4.30. The summed E-state index contributed by atoms with van der Waals surface area (Å²) in [5.74, 6) is 1.30. The summed E-state index contributed by atoms with van der Waals surface area (Å²) in [4.78, 5) is 11.1. The van der Waals surface area contributed by atoms with Gasteiger partial charge >= 0.3 is 5.97 Å². The van der Waals surface area contributed by atoms with Crippen LogP contribution in [0.1, 0.15) is 47.0 Å². The van der Waals surface area contributed by atoms with Crippen LogP contribution in [0, 0.1) is 11.8 Å². The first-order valence-corrected chi connectivity index (χ1v) is 6.09. The average molecular weight is 224 g/mol. The van der Waals surface area contributed by atoms with Crippen molar-refractivity contribution in [3.8, 4) is 0 Å². The zero-order chi connectivity index (χ0) is 12.6. The van der Waals surface area contributed by atoms with Crippen molar-refractivity contribution in [1.82, 2.24) is 0 Å². The molecule has 0 radical (unpaired) electrons. The number of rotatable bonds is 7. The van der Waals surface area contributed by atoms with Crippen molar-refractivity contribution < 1.29 is 9.53 Å². The molecule has 92 valence electrons. The van der Waals surface area contributed by atoms with Gasteiger partial charge in [-0.3, -0.25) is 0 Å². The van der Waals surface area contributed by atoms with Gasteiger partial charge in [0.1, 0.15) is 5.76 Å². The fourth-order valence-electron chi connectivity index (χ4n) is 1.46. The molecule has 0 aromatic heterocycles. The maximum absolute atomic E-state index is 11.1. The van der Waals surface area contributed by atoms with Gasteiger partial charge in [0, 0.05) is 12.0 Å². The zero-order valence-corrected chi connectivity index (χ0v) is 11.0. The Kier molecular flexibility index (Phi) is 7.61. The van der Waals surface area contributed by atoms with E-state index in [0.717, 1.165) is 25.0 Å². The van der Waals surface area contributed by atoms with Gasteiger partial charge in [-0.25, -0.2) is 4.79 Å². The number of hydrogen-bond donors (Lipinski definition) is 0. The van der Waals surface area contributed by atoms with E-state index in [4.69, 9.17) is 4.74 Å². The SMILES string of the molecule is C=CC(=O)O/C(=C\CC(CC)CC)C(C)C. The van der Waals surface area contributed by atoms with E-state index in [1.54, 1.807) is 0 Å². The molecular weight excluding hydrogens is 200 g/mol. The lowest BCUT2D eigenvalue weighted by molar-refractivity contribution is -0.134. The molecule has 0 aliphatic heterocycles. The molecule has 0 bridgehead atoms. The van der Waals surface area contributed by atoms with E-state index < -0.39 is 0 Å². The molecule has 0 aliphatic rings. The molecule has 0 rings (SSSR count). The van der Waals surface area contributed by atoms with Crippen molar-refractivity contribution in [3.63, 3.8) is 0 Å². The van der Waals surface area contributed by atoms with Gasteiger partial charge in [-0.1, -0.05) is 47.1 Å². The van der Waals surface area contributed by atoms with Crippen LogP contribution in [0.15, 0.2) is 24.5 Å². The second kappa shape index (κ2) is 8.14. The van der Waals surface area contributed by atoms with Crippen molar-refractivity contribution in [2.24, 2.45) is 11.8 Å². The quantitative estimate of drug-likeness (QED) is 0.370. The number of carbonyl (C=O) groups is 1. The van der Waals surface area contributed by atoms with Crippen LogP contribution in [0.4, 0.5) is 0 Å². The van der Waals surface area contributed by atoms with E-state index in [1.165, 1.54) is 6.08 Å². The second-order valence-electron chi connectivity index (χ2n) is 4.30. The third-order valence-electron chi connectivity index (χ3n) is 2.76. The largest absolute Gasteiger partial charge is 0.428 e. The first-order chi connectivity index (χ1) is 7.54. The average Bonchev–Trinajstić information content (AvgIpc) is 2.28. The summed E-state index contributed by atoms with van der Waals surface area (Å²) in [6.07, 6.45) is 6.55. The normalized spacial score (nSPS) is 12.0. The molecule has 0 unspecified atom stereocenters. The van der Waals surface area contributed by atoms with Gasteiger partial charge in [-0.15, -0.1) is 0 Å². The number of ether oxygens (including phenoxy) is 1. The maximum Gasteiger partial charge on any atom is 0.335 e.